The molecule has 2 aromatic heterocycles. The minimum Gasteiger partial charge on any atom is -0.475 e. The van der Waals surface area contributed by atoms with Crippen LogP contribution in [0.5, 0.6) is 0 Å². The van der Waals surface area contributed by atoms with Crippen LogP contribution in [0, 0.1) is 5.92 Å². The normalized spacial score (nSPS) is 17.5. The summed E-state index contributed by atoms with van der Waals surface area (Å²) in [7, 11) is 0. The van der Waals surface area contributed by atoms with Crippen molar-refractivity contribution < 1.29 is 32.7 Å². The van der Waals surface area contributed by atoms with E-state index in [0.717, 1.165) is 12.8 Å². The van der Waals surface area contributed by atoms with E-state index in [0.29, 0.717) is 18.8 Å². The number of rotatable bonds is 4. The number of hydrogen-bond acceptors (Lipinski definition) is 5. The molecule has 3 rings (SSSR count). The number of hydrogen-bond donors (Lipinski definition) is 1. The summed E-state index contributed by atoms with van der Waals surface area (Å²) in [6.07, 6.45) is 3.27. The lowest BCUT2D eigenvalue weighted by Gasteiger charge is -2.33. The van der Waals surface area contributed by atoms with Crippen molar-refractivity contribution in [3.05, 3.63) is 48.8 Å². The van der Waals surface area contributed by atoms with E-state index in [1.54, 1.807) is 46.5 Å². The van der Waals surface area contributed by atoms with Gasteiger partial charge in [-0.3, -0.25) is 14.6 Å². The molecule has 2 aromatic rings. The molecule has 0 aliphatic carbocycles. The Labute approximate surface area is 170 Å². The zero-order valence-electron chi connectivity index (χ0n) is 16.1. The number of nitrogens with zero attached hydrogens (tertiary/aromatic N) is 4. The smallest absolute Gasteiger partial charge is 0.475 e. The molecule has 1 aliphatic rings. The van der Waals surface area contributed by atoms with Crippen molar-refractivity contribution in [2.45, 2.75) is 32.0 Å². The van der Waals surface area contributed by atoms with Crippen LogP contribution in [0.15, 0.2) is 43.1 Å². The zero-order valence-corrected chi connectivity index (χ0v) is 16.1. The number of carbonyl (C=O) groups is 3. The molecule has 8 nitrogen and oxygen atoms in total. The molecule has 11 heteroatoms. The summed E-state index contributed by atoms with van der Waals surface area (Å²) < 4.78 is 33.5. The van der Waals surface area contributed by atoms with Crippen LogP contribution in [0.25, 0.3) is 0 Å². The number of amides is 1. The number of alkyl halides is 3. The number of halogens is 3. The Hall–Kier alpha value is -3.24. The van der Waals surface area contributed by atoms with Crippen LogP contribution >= 0.6 is 0 Å². The van der Waals surface area contributed by atoms with Gasteiger partial charge in [-0.25, -0.2) is 9.78 Å². The van der Waals surface area contributed by atoms with E-state index in [4.69, 9.17) is 9.90 Å². The Kier molecular flexibility index (Phi) is 7.67. The van der Waals surface area contributed by atoms with Gasteiger partial charge in [0, 0.05) is 37.6 Å². The lowest BCUT2D eigenvalue weighted by Crippen LogP contribution is -2.44. The summed E-state index contributed by atoms with van der Waals surface area (Å²) >= 11 is 0. The number of carboxylic acid groups (broad SMARTS) is 1. The molecule has 1 aliphatic heterocycles. The third kappa shape index (κ3) is 6.13. The second-order valence-electron chi connectivity index (χ2n) is 6.69. The highest BCUT2D eigenvalue weighted by atomic mass is 19.4. The van der Waals surface area contributed by atoms with Crippen LogP contribution in [0.2, 0.25) is 0 Å². The van der Waals surface area contributed by atoms with Gasteiger partial charge >= 0.3 is 12.1 Å². The molecule has 2 atom stereocenters. The number of likely N-dealkylation sites (tertiary alicyclic amines) is 1. The van der Waals surface area contributed by atoms with Gasteiger partial charge in [-0.1, -0.05) is 6.07 Å². The van der Waals surface area contributed by atoms with Gasteiger partial charge in [0.2, 0.25) is 5.91 Å². The Bertz CT molecular complexity index is 856. The Morgan fingerprint density at radius 3 is 2.47 bits per heavy atom. The molecular formula is C19H21F3N4O4. The number of ketones is 1. The summed E-state index contributed by atoms with van der Waals surface area (Å²) in [6, 6.07) is 5.03. The fourth-order valence-corrected chi connectivity index (χ4v) is 3.00. The SMILES string of the molecule is CC(C(=O)N1CCCC(C(=O)c2ccccn2)C1)n1ccnc1.O=C(O)C(F)(F)F. The second-order valence-corrected chi connectivity index (χ2v) is 6.69. The number of Topliss-reactive ketones (excluding diaryl/α,β-unsaturated/α-hetero) is 1. The number of pyridine rings is 1. The van der Waals surface area contributed by atoms with Crippen LogP contribution in [0.3, 0.4) is 0 Å². The molecule has 0 radical (unpaired) electrons. The van der Waals surface area contributed by atoms with Crippen LogP contribution < -0.4 is 0 Å². The maximum atomic E-state index is 12.7. The zero-order chi connectivity index (χ0) is 22.3. The minimum absolute atomic E-state index is 0.0263. The minimum atomic E-state index is -5.08. The average molecular weight is 426 g/mol. The van der Waals surface area contributed by atoms with E-state index in [-0.39, 0.29) is 23.7 Å². The van der Waals surface area contributed by atoms with Crippen molar-refractivity contribution in [3.63, 3.8) is 0 Å². The average Bonchev–Trinajstić information content (AvgIpc) is 3.27. The molecule has 1 saturated heterocycles. The number of aliphatic carboxylic acids is 1. The maximum Gasteiger partial charge on any atom is 0.490 e. The summed E-state index contributed by atoms with van der Waals surface area (Å²) in [6.45, 7) is 3.02. The van der Waals surface area contributed by atoms with Gasteiger partial charge in [0.1, 0.15) is 11.7 Å². The number of imidazole rings is 1. The summed E-state index contributed by atoms with van der Waals surface area (Å²) in [5.74, 6) is -2.87. The summed E-state index contributed by atoms with van der Waals surface area (Å²) in [5, 5.41) is 7.12. The molecule has 0 aromatic carbocycles. The molecular weight excluding hydrogens is 405 g/mol. The summed E-state index contributed by atoms with van der Waals surface area (Å²) in [4.78, 5) is 44.0. The van der Waals surface area contributed by atoms with Crippen molar-refractivity contribution in [1.29, 1.82) is 0 Å². The van der Waals surface area contributed by atoms with E-state index < -0.39 is 12.1 Å². The van der Waals surface area contributed by atoms with Crippen molar-refractivity contribution in [1.82, 2.24) is 19.4 Å². The largest absolute Gasteiger partial charge is 0.490 e. The number of carboxylic acids is 1. The highest BCUT2D eigenvalue weighted by Gasteiger charge is 2.38. The molecule has 0 saturated carbocycles. The quantitative estimate of drug-likeness (QED) is 0.754. The van der Waals surface area contributed by atoms with Gasteiger partial charge in [-0.2, -0.15) is 13.2 Å². The van der Waals surface area contributed by atoms with Gasteiger partial charge in [0.25, 0.3) is 0 Å². The van der Waals surface area contributed by atoms with E-state index in [9.17, 15) is 22.8 Å². The third-order valence-electron chi connectivity index (χ3n) is 4.59. The topological polar surface area (TPSA) is 105 Å². The molecule has 2 unspecified atom stereocenters. The predicted octanol–water partition coefficient (Wildman–Crippen LogP) is 2.59. The van der Waals surface area contributed by atoms with E-state index in [2.05, 4.69) is 9.97 Å². The van der Waals surface area contributed by atoms with Crippen LogP contribution in [0.1, 0.15) is 36.3 Å². The molecule has 1 amide bonds. The number of carbonyl (C=O) groups excluding carboxylic acids is 2. The standard InChI is InChI=1S/C17H20N4O2.C2HF3O2/c1-13(21-10-8-18-12-21)17(23)20-9-4-5-14(11-20)16(22)15-6-2-3-7-19-15;3-2(4,5)1(6)7/h2-3,6-8,10,12-14H,4-5,9,11H2,1H3;(H,6,7). The maximum absolute atomic E-state index is 12.7. The molecule has 30 heavy (non-hydrogen) atoms. The first kappa shape index (κ1) is 23.0. The van der Waals surface area contributed by atoms with Gasteiger partial charge in [0.05, 0.1) is 6.33 Å². The Morgan fingerprint density at radius 1 is 1.23 bits per heavy atom. The lowest BCUT2D eigenvalue weighted by molar-refractivity contribution is -0.192. The van der Waals surface area contributed by atoms with Gasteiger partial charge in [-0.15, -0.1) is 0 Å². The second kappa shape index (κ2) is 9.99. The fourth-order valence-electron chi connectivity index (χ4n) is 3.00. The van der Waals surface area contributed by atoms with Crippen molar-refractivity contribution in [2.24, 2.45) is 5.92 Å². The first-order valence-electron chi connectivity index (χ1n) is 9.12. The number of piperidine rings is 1. The Balaban J connectivity index is 0.000000396. The highest BCUT2D eigenvalue weighted by molar-refractivity contribution is 5.96. The van der Waals surface area contributed by atoms with E-state index in [1.165, 1.54) is 0 Å². The molecule has 3 heterocycles. The van der Waals surface area contributed by atoms with Gasteiger partial charge in [-0.05, 0) is 31.9 Å². The predicted molar refractivity (Wildman–Crippen MR) is 98.5 cm³/mol. The first-order chi connectivity index (χ1) is 14.1. The third-order valence-corrected chi connectivity index (χ3v) is 4.59. The van der Waals surface area contributed by atoms with E-state index in [1.807, 2.05) is 13.0 Å². The number of aromatic nitrogens is 3. The molecule has 1 N–H and O–H groups in total. The molecule has 1 fully saturated rings. The van der Waals surface area contributed by atoms with Crippen LogP contribution in [-0.2, 0) is 9.59 Å². The van der Waals surface area contributed by atoms with Crippen LogP contribution in [-0.4, -0.2) is 61.5 Å². The highest BCUT2D eigenvalue weighted by Crippen LogP contribution is 2.22. The Morgan fingerprint density at radius 2 is 1.93 bits per heavy atom. The first-order valence-corrected chi connectivity index (χ1v) is 9.12. The van der Waals surface area contributed by atoms with Gasteiger partial charge in [0.15, 0.2) is 5.78 Å². The fraction of sp³-hybridized carbons (Fsp3) is 0.421. The van der Waals surface area contributed by atoms with Crippen molar-refractivity contribution >= 4 is 17.7 Å². The monoisotopic (exact) mass is 426 g/mol. The summed E-state index contributed by atoms with van der Waals surface area (Å²) in [5.41, 5.74) is 0.481. The molecule has 0 spiro atoms. The van der Waals surface area contributed by atoms with Crippen molar-refractivity contribution in [3.8, 4) is 0 Å². The van der Waals surface area contributed by atoms with Crippen molar-refractivity contribution in [2.75, 3.05) is 13.1 Å². The lowest BCUT2D eigenvalue weighted by atomic mass is 9.91. The van der Waals surface area contributed by atoms with Crippen LogP contribution in [0.4, 0.5) is 13.2 Å². The van der Waals surface area contributed by atoms with Gasteiger partial charge < -0.3 is 14.6 Å². The van der Waals surface area contributed by atoms with E-state index >= 15 is 0 Å². The molecule has 162 valence electrons. The molecule has 0 bridgehead atoms.